The minimum absolute atomic E-state index is 0.0114. The maximum Gasteiger partial charge on any atom is 0.213 e. The Morgan fingerprint density at radius 3 is 2.40 bits per heavy atom. The van der Waals surface area contributed by atoms with E-state index in [-0.39, 0.29) is 23.4 Å². The molecule has 4 heterocycles. The van der Waals surface area contributed by atoms with Gasteiger partial charge in [0.2, 0.25) is 5.88 Å². The number of nitrogens with zero attached hydrogens (tertiary/aromatic N) is 4. The first-order valence-corrected chi connectivity index (χ1v) is 19.2. The summed E-state index contributed by atoms with van der Waals surface area (Å²) in [4.78, 5) is 13.3. The molecule has 0 saturated heterocycles. The maximum absolute atomic E-state index is 6.23. The van der Waals surface area contributed by atoms with E-state index < -0.39 is 8.32 Å². The molecule has 0 aliphatic heterocycles. The second-order valence-electron chi connectivity index (χ2n) is 13.9. The number of ether oxygens (including phenoxy) is 3. The van der Waals surface area contributed by atoms with Crippen LogP contribution in [0.15, 0.2) is 73.3 Å². The predicted octanol–water partition coefficient (Wildman–Crippen LogP) is 7.95. The molecule has 0 N–H and O–H groups in total. The zero-order valence-corrected chi connectivity index (χ0v) is 29.4. The first-order chi connectivity index (χ1) is 22.5. The van der Waals surface area contributed by atoms with E-state index in [4.69, 9.17) is 18.6 Å². The molecule has 1 fully saturated rings. The van der Waals surface area contributed by atoms with Crippen molar-refractivity contribution in [2.24, 2.45) is 7.05 Å². The summed E-state index contributed by atoms with van der Waals surface area (Å²) in [7, 11) is 0.310. The summed E-state index contributed by atoms with van der Waals surface area (Å²) in [5.41, 5.74) is 5.19. The number of fused-ring (bicyclic) bond motifs is 3. The molecule has 1 aromatic carbocycles. The Labute approximate surface area is 278 Å². The second-order valence-corrected chi connectivity index (χ2v) is 18.7. The van der Waals surface area contributed by atoms with Crippen LogP contribution in [0.5, 0.6) is 11.6 Å². The molecule has 47 heavy (non-hydrogen) atoms. The van der Waals surface area contributed by atoms with E-state index in [1.54, 1.807) is 6.20 Å². The molecule has 8 nitrogen and oxygen atoms in total. The van der Waals surface area contributed by atoms with Gasteiger partial charge in [-0.15, -0.1) is 0 Å². The lowest BCUT2D eigenvalue weighted by Crippen LogP contribution is -2.42. The first-order valence-electron chi connectivity index (χ1n) is 16.3. The minimum atomic E-state index is -1.78. The number of hydrogen-bond donors (Lipinski definition) is 0. The van der Waals surface area contributed by atoms with Crippen molar-refractivity contribution < 1.29 is 18.6 Å². The van der Waals surface area contributed by atoms with Gasteiger partial charge >= 0.3 is 0 Å². The number of rotatable bonds is 10. The van der Waals surface area contributed by atoms with E-state index in [0.29, 0.717) is 24.8 Å². The van der Waals surface area contributed by atoms with Gasteiger partial charge in [-0.2, -0.15) is 0 Å². The molecule has 1 atom stereocenters. The molecule has 1 unspecified atom stereocenters. The third-order valence-corrected chi connectivity index (χ3v) is 13.9. The lowest BCUT2D eigenvalue weighted by atomic mass is 9.92. The molecule has 0 amide bonds. The van der Waals surface area contributed by atoms with E-state index >= 15 is 0 Å². The van der Waals surface area contributed by atoms with Crippen molar-refractivity contribution in [2.75, 3.05) is 13.2 Å². The van der Waals surface area contributed by atoms with Gasteiger partial charge in [-0.1, -0.05) is 38.8 Å². The standard InChI is InChI=1S/C38H44N4O4Si/c1-26(25-44-47(6,7)38(2,3)4)43-18-8-9-29-12-13-30(23-40-29)45-31-20-32(21-31)46-37-15-11-28(22-41-37)27-10-14-33-34-24-39-17-16-35(34)42(5)36(33)19-27/h10-17,19,22-24,26,31-32H,18,20-21,25H2,1-7H3/t26?,31-,32-. The van der Waals surface area contributed by atoms with E-state index in [1.165, 1.54) is 16.4 Å². The smallest absolute Gasteiger partial charge is 0.213 e. The van der Waals surface area contributed by atoms with Crippen molar-refractivity contribution in [1.82, 2.24) is 19.5 Å². The molecule has 1 aliphatic rings. The Balaban J connectivity index is 0.933. The van der Waals surface area contributed by atoms with Crippen LogP contribution in [-0.4, -0.2) is 59.4 Å². The SMILES string of the molecule is CC(CO[Si](C)(C)C(C)(C)C)OCC#Cc1ccc(O[C@H]2C[C@H](Oc3ccc(-c4ccc5c6cnccc6n(C)c5c4)cn3)C2)cn1. The van der Waals surface area contributed by atoms with Crippen LogP contribution in [-0.2, 0) is 16.2 Å². The van der Waals surface area contributed by atoms with Crippen LogP contribution in [0.25, 0.3) is 32.9 Å². The topological polar surface area (TPSA) is 80.5 Å². The Morgan fingerprint density at radius 2 is 1.68 bits per heavy atom. The largest absolute Gasteiger partial charge is 0.489 e. The summed E-state index contributed by atoms with van der Waals surface area (Å²) in [6.07, 6.45) is 9.11. The average Bonchev–Trinajstić information content (AvgIpc) is 3.32. The summed E-state index contributed by atoms with van der Waals surface area (Å²) < 4.78 is 26.5. The third kappa shape index (κ3) is 7.51. The van der Waals surface area contributed by atoms with Gasteiger partial charge in [0.25, 0.3) is 0 Å². The fraction of sp³-hybridized carbons (Fsp3) is 0.395. The van der Waals surface area contributed by atoms with Gasteiger partial charge < -0.3 is 23.2 Å². The summed E-state index contributed by atoms with van der Waals surface area (Å²) >= 11 is 0. The van der Waals surface area contributed by atoms with Gasteiger partial charge in [0.05, 0.1) is 24.4 Å². The molecule has 0 bridgehead atoms. The van der Waals surface area contributed by atoms with Gasteiger partial charge in [-0.3, -0.25) is 4.98 Å². The number of aryl methyl sites for hydroxylation is 1. The van der Waals surface area contributed by atoms with Crippen LogP contribution in [0.4, 0.5) is 0 Å². The summed E-state index contributed by atoms with van der Waals surface area (Å²) in [5.74, 6) is 7.47. The zero-order chi connectivity index (χ0) is 33.2. The number of aromatic nitrogens is 4. The monoisotopic (exact) mass is 648 g/mol. The lowest BCUT2D eigenvalue weighted by Gasteiger charge is -2.36. The molecule has 1 saturated carbocycles. The van der Waals surface area contributed by atoms with Crippen LogP contribution in [0.3, 0.4) is 0 Å². The van der Waals surface area contributed by atoms with E-state index in [0.717, 1.165) is 35.1 Å². The second kappa shape index (κ2) is 13.5. The van der Waals surface area contributed by atoms with Crippen LogP contribution in [0.2, 0.25) is 18.1 Å². The van der Waals surface area contributed by atoms with Gasteiger partial charge in [0.15, 0.2) is 8.32 Å². The molecule has 4 aromatic heterocycles. The van der Waals surface area contributed by atoms with Crippen molar-refractivity contribution >= 4 is 30.1 Å². The van der Waals surface area contributed by atoms with Gasteiger partial charge in [0.1, 0.15) is 30.3 Å². The molecule has 6 rings (SSSR count). The summed E-state index contributed by atoms with van der Waals surface area (Å²) in [6.45, 7) is 14.2. The quantitative estimate of drug-likeness (QED) is 0.112. The minimum Gasteiger partial charge on any atom is -0.489 e. The van der Waals surface area contributed by atoms with E-state index in [1.807, 2.05) is 43.7 Å². The third-order valence-electron chi connectivity index (χ3n) is 9.40. The first kappa shape index (κ1) is 32.7. The van der Waals surface area contributed by atoms with Crippen LogP contribution >= 0.6 is 0 Å². The van der Waals surface area contributed by atoms with Crippen molar-refractivity contribution in [1.29, 1.82) is 0 Å². The zero-order valence-electron chi connectivity index (χ0n) is 28.4. The van der Waals surface area contributed by atoms with E-state index in [2.05, 4.69) is 103 Å². The predicted molar refractivity (Wildman–Crippen MR) is 189 cm³/mol. The summed E-state index contributed by atoms with van der Waals surface area (Å²) in [6, 6.07) is 16.3. The van der Waals surface area contributed by atoms with E-state index in [9.17, 15) is 0 Å². The lowest BCUT2D eigenvalue weighted by molar-refractivity contribution is 0.00209. The molecule has 244 valence electrons. The average molecular weight is 649 g/mol. The summed E-state index contributed by atoms with van der Waals surface area (Å²) in [5, 5.41) is 2.54. The van der Waals surface area contributed by atoms with Gasteiger partial charge in [-0.25, -0.2) is 9.97 Å². The Hall–Kier alpha value is -4.23. The van der Waals surface area contributed by atoms with Crippen molar-refractivity contribution in [3.63, 3.8) is 0 Å². The number of pyridine rings is 3. The molecule has 9 heteroatoms. The van der Waals surface area contributed by atoms with Gasteiger partial charge in [-0.05, 0) is 66.9 Å². The highest BCUT2D eigenvalue weighted by molar-refractivity contribution is 6.74. The molecule has 1 aliphatic carbocycles. The molecule has 0 spiro atoms. The number of benzene rings is 1. The molecule has 5 aromatic rings. The fourth-order valence-corrected chi connectivity index (χ4v) is 6.44. The number of hydrogen-bond acceptors (Lipinski definition) is 7. The molecule has 0 radical (unpaired) electrons. The highest BCUT2D eigenvalue weighted by Crippen LogP contribution is 2.37. The van der Waals surface area contributed by atoms with Crippen molar-refractivity contribution in [2.45, 2.75) is 77.0 Å². The Bertz CT molecular complexity index is 1900. The van der Waals surface area contributed by atoms with Gasteiger partial charge in [0, 0.05) is 66.4 Å². The maximum atomic E-state index is 6.23. The highest BCUT2D eigenvalue weighted by Gasteiger charge is 2.37. The Kier molecular flexibility index (Phi) is 9.38. The fourth-order valence-electron chi connectivity index (χ4n) is 5.35. The van der Waals surface area contributed by atoms with Crippen LogP contribution in [0.1, 0.15) is 46.2 Å². The normalized spacial score (nSPS) is 17.2. The van der Waals surface area contributed by atoms with Crippen molar-refractivity contribution in [3.05, 3.63) is 79.0 Å². The highest BCUT2D eigenvalue weighted by atomic mass is 28.4. The van der Waals surface area contributed by atoms with Crippen molar-refractivity contribution in [3.8, 4) is 34.6 Å². The molecular formula is C38H44N4O4Si. The van der Waals surface area contributed by atoms with Crippen LogP contribution < -0.4 is 9.47 Å². The molecular weight excluding hydrogens is 605 g/mol. The Morgan fingerprint density at radius 1 is 0.894 bits per heavy atom. The van der Waals surface area contributed by atoms with Crippen LogP contribution in [0, 0.1) is 11.8 Å².